The van der Waals surface area contributed by atoms with E-state index in [9.17, 15) is 14.0 Å². The van der Waals surface area contributed by atoms with Gasteiger partial charge in [-0.1, -0.05) is 57.0 Å². The first-order valence-corrected chi connectivity index (χ1v) is 17.1. The number of benzene rings is 1. The molecule has 2 saturated heterocycles. The maximum absolute atomic E-state index is 13.1. The Morgan fingerprint density at radius 3 is 2.54 bits per heavy atom. The summed E-state index contributed by atoms with van der Waals surface area (Å²) in [6.45, 7) is 12.8. The molecular weight excluding hydrogens is 533 g/mol. The van der Waals surface area contributed by atoms with Crippen LogP contribution in [-0.4, -0.2) is 83.2 Å². The van der Waals surface area contributed by atoms with Crippen LogP contribution in [0.4, 0.5) is 4.39 Å². The number of likely N-dealkylation sites (tertiary alicyclic amines) is 1. The smallest absolute Gasteiger partial charge is 0.223 e. The lowest BCUT2D eigenvalue weighted by Crippen LogP contribution is -2.45. The molecule has 0 aliphatic carbocycles. The van der Waals surface area contributed by atoms with Crippen LogP contribution in [0, 0.1) is 5.82 Å². The third-order valence-corrected chi connectivity index (χ3v) is 9.36. The minimum atomic E-state index is -0.205. The molecule has 0 saturated carbocycles. The number of rotatable bonds is 20. The number of carbonyl (C=O) groups is 2. The molecule has 2 aliphatic rings. The molecule has 0 N–H and O–H groups in total. The van der Waals surface area contributed by atoms with Gasteiger partial charge in [0.05, 0.1) is 6.04 Å². The largest absolute Gasteiger partial charge is 0.373 e. The predicted octanol–water partition coefficient (Wildman–Crippen LogP) is 6.88. The lowest BCUT2D eigenvalue weighted by Gasteiger charge is -2.37. The zero-order valence-electron chi connectivity index (χ0n) is 25.3. The third-order valence-electron chi connectivity index (χ3n) is 8.31. The molecule has 2 heterocycles. The molecule has 2 fully saturated rings. The zero-order chi connectivity index (χ0) is 29.3. The van der Waals surface area contributed by atoms with Gasteiger partial charge >= 0.3 is 0 Å². The number of carbonyl (C=O) groups excluding carboxylic acids is 2. The van der Waals surface area contributed by atoms with Gasteiger partial charge in [0.15, 0.2) is 0 Å². The number of allylic oxidation sites excluding steroid dienone is 2. The molecule has 5 nitrogen and oxygen atoms in total. The van der Waals surface area contributed by atoms with E-state index < -0.39 is 0 Å². The molecular formula is C34H52FN3O2S. The average molecular weight is 586 g/mol. The summed E-state index contributed by atoms with van der Waals surface area (Å²) < 4.78 is 13.1. The molecule has 2 aliphatic heterocycles. The zero-order valence-corrected chi connectivity index (χ0v) is 26.2. The van der Waals surface area contributed by atoms with Crippen molar-refractivity contribution in [3.63, 3.8) is 0 Å². The van der Waals surface area contributed by atoms with Crippen LogP contribution in [0.1, 0.15) is 83.1 Å². The summed E-state index contributed by atoms with van der Waals surface area (Å²) in [6.07, 6.45) is 15.7. The Hall–Kier alpha value is -2.12. The molecule has 1 aromatic carbocycles. The summed E-state index contributed by atoms with van der Waals surface area (Å²) in [4.78, 5) is 31.8. The van der Waals surface area contributed by atoms with Gasteiger partial charge in [-0.15, -0.1) is 0 Å². The van der Waals surface area contributed by atoms with Gasteiger partial charge in [-0.2, -0.15) is 11.8 Å². The second kappa shape index (κ2) is 19.1. The Kier molecular flexibility index (Phi) is 15.6. The van der Waals surface area contributed by atoms with E-state index in [1.54, 1.807) is 0 Å². The number of hydrogen-bond donors (Lipinski definition) is 0. The monoisotopic (exact) mass is 585 g/mol. The Labute approximate surface area is 252 Å². The first-order chi connectivity index (χ1) is 20.0. The molecule has 7 heteroatoms. The first kappa shape index (κ1) is 33.4. The number of nitrogens with zero attached hydrogens (tertiary/aromatic N) is 3. The van der Waals surface area contributed by atoms with Crippen LogP contribution in [0.15, 0.2) is 48.7 Å². The topological polar surface area (TPSA) is 43.9 Å². The van der Waals surface area contributed by atoms with Crippen molar-refractivity contribution in [2.75, 3.05) is 50.8 Å². The van der Waals surface area contributed by atoms with Crippen LogP contribution in [-0.2, 0) is 16.0 Å². The third kappa shape index (κ3) is 12.7. The molecule has 1 amide bonds. The fourth-order valence-corrected chi connectivity index (χ4v) is 6.53. The number of amides is 1. The van der Waals surface area contributed by atoms with Crippen molar-refractivity contribution in [1.29, 1.82) is 0 Å². The molecule has 228 valence electrons. The summed E-state index contributed by atoms with van der Waals surface area (Å²) >= 11 is 1.84. The van der Waals surface area contributed by atoms with Gasteiger partial charge in [-0.05, 0) is 68.5 Å². The lowest BCUT2D eigenvalue weighted by atomic mass is 10.1. The van der Waals surface area contributed by atoms with Gasteiger partial charge in [0, 0.05) is 63.4 Å². The number of unbranched alkanes of at least 4 members (excludes halogenated alkanes) is 3. The van der Waals surface area contributed by atoms with E-state index in [0.717, 1.165) is 87.6 Å². The van der Waals surface area contributed by atoms with Crippen LogP contribution >= 0.6 is 11.8 Å². The highest BCUT2D eigenvalue weighted by Gasteiger charge is 2.28. The van der Waals surface area contributed by atoms with Gasteiger partial charge in [0.1, 0.15) is 11.6 Å². The van der Waals surface area contributed by atoms with E-state index in [-0.39, 0.29) is 17.8 Å². The highest BCUT2D eigenvalue weighted by molar-refractivity contribution is 7.99. The summed E-state index contributed by atoms with van der Waals surface area (Å²) in [5, 5.41) is 0. The maximum Gasteiger partial charge on any atom is 0.223 e. The second-order valence-electron chi connectivity index (χ2n) is 11.5. The standard InChI is InChI=1S/C34H52FN3O2S/c1-3-4-5-8-21-36-22-24-37(25-23-36)29(2)13-19-33(39)12-9-27-41-28-26-38-32(18-20-34(38)40)11-7-6-10-30-14-16-31(35)17-15-30/h7,11,14-17,32H,2-6,8-10,12-13,18-28H2,1H3/b11-7+. The predicted molar refractivity (Wildman–Crippen MR) is 171 cm³/mol. The van der Waals surface area contributed by atoms with Crippen molar-refractivity contribution in [2.24, 2.45) is 0 Å². The molecule has 1 unspecified atom stereocenters. The van der Waals surface area contributed by atoms with Gasteiger partial charge in [0.25, 0.3) is 0 Å². The highest BCUT2D eigenvalue weighted by Crippen LogP contribution is 2.21. The number of halogens is 1. The van der Waals surface area contributed by atoms with Gasteiger partial charge in [-0.25, -0.2) is 4.39 Å². The van der Waals surface area contributed by atoms with E-state index >= 15 is 0 Å². The van der Waals surface area contributed by atoms with E-state index in [4.69, 9.17) is 0 Å². The summed E-state index contributed by atoms with van der Waals surface area (Å²) in [7, 11) is 0. The van der Waals surface area contributed by atoms with Crippen molar-refractivity contribution in [3.05, 3.63) is 60.1 Å². The average Bonchev–Trinajstić information content (AvgIpc) is 3.33. The van der Waals surface area contributed by atoms with Crippen LogP contribution in [0.3, 0.4) is 0 Å². The van der Waals surface area contributed by atoms with Crippen LogP contribution in [0.5, 0.6) is 0 Å². The molecule has 0 radical (unpaired) electrons. The minimum Gasteiger partial charge on any atom is -0.373 e. The number of Topliss-reactive ketones (excluding diaryl/α,β-unsaturated/α-hetero) is 1. The number of thioether (sulfide) groups is 1. The first-order valence-electron chi connectivity index (χ1n) is 15.9. The molecule has 1 aromatic rings. The SMILES string of the molecule is C=C(CCC(=O)CCCSCCN1C(=O)CCC1/C=C/CCc1ccc(F)cc1)N1CCN(CCCCCC)CC1. The van der Waals surface area contributed by atoms with Crippen molar-refractivity contribution in [2.45, 2.75) is 90.0 Å². The van der Waals surface area contributed by atoms with Crippen LogP contribution in [0.25, 0.3) is 0 Å². The summed E-state index contributed by atoms with van der Waals surface area (Å²) in [5.41, 5.74) is 2.24. The number of piperazine rings is 1. The van der Waals surface area contributed by atoms with Crippen LogP contribution < -0.4 is 0 Å². The Bertz CT molecular complexity index is 959. The Morgan fingerprint density at radius 2 is 1.78 bits per heavy atom. The minimum absolute atomic E-state index is 0.180. The number of hydrogen-bond acceptors (Lipinski definition) is 5. The molecule has 0 aromatic heterocycles. The van der Waals surface area contributed by atoms with Crippen molar-refractivity contribution >= 4 is 23.5 Å². The summed E-state index contributed by atoms with van der Waals surface area (Å²) in [6, 6.07) is 6.84. The Balaban J connectivity index is 1.20. The van der Waals surface area contributed by atoms with Crippen LogP contribution in [0.2, 0.25) is 0 Å². The maximum atomic E-state index is 13.1. The van der Waals surface area contributed by atoms with E-state index in [1.165, 1.54) is 44.4 Å². The summed E-state index contributed by atoms with van der Waals surface area (Å²) in [5.74, 6) is 2.22. The molecule has 0 spiro atoms. The fourth-order valence-electron chi connectivity index (χ4n) is 5.65. The fraction of sp³-hybridized carbons (Fsp3) is 0.647. The van der Waals surface area contributed by atoms with Crippen molar-refractivity contribution in [3.8, 4) is 0 Å². The van der Waals surface area contributed by atoms with Crippen molar-refractivity contribution in [1.82, 2.24) is 14.7 Å². The molecule has 41 heavy (non-hydrogen) atoms. The van der Waals surface area contributed by atoms with Gasteiger partial charge in [-0.3, -0.25) is 14.5 Å². The van der Waals surface area contributed by atoms with E-state index in [2.05, 4.69) is 35.5 Å². The Morgan fingerprint density at radius 1 is 1.00 bits per heavy atom. The van der Waals surface area contributed by atoms with Crippen molar-refractivity contribution < 1.29 is 14.0 Å². The molecule has 0 bridgehead atoms. The van der Waals surface area contributed by atoms with E-state index in [0.29, 0.717) is 25.0 Å². The van der Waals surface area contributed by atoms with E-state index in [1.807, 2.05) is 28.8 Å². The second-order valence-corrected chi connectivity index (χ2v) is 12.7. The lowest BCUT2D eigenvalue weighted by molar-refractivity contribution is -0.128. The van der Waals surface area contributed by atoms with Gasteiger partial charge < -0.3 is 9.80 Å². The highest BCUT2D eigenvalue weighted by atomic mass is 32.2. The van der Waals surface area contributed by atoms with Gasteiger partial charge in [0.2, 0.25) is 5.91 Å². The quantitative estimate of drug-likeness (QED) is 0.123. The molecule has 1 atom stereocenters. The number of ketones is 1. The number of aryl methyl sites for hydroxylation is 1. The molecule has 3 rings (SSSR count). The normalized spacial score (nSPS) is 18.1.